The highest BCUT2D eigenvalue weighted by Crippen LogP contribution is 2.34. The number of carbonyl (C=O) groups excluding carboxylic acids is 1. The molecular formula is C13H25N3O2. The number of rotatable bonds is 0. The fourth-order valence-corrected chi connectivity index (χ4v) is 3.03. The molecule has 0 aromatic heterocycles. The van der Waals surface area contributed by atoms with Crippen LogP contribution in [0.1, 0.15) is 19.8 Å². The van der Waals surface area contributed by atoms with Crippen molar-refractivity contribution in [3.05, 3.63) is 0 Å². The Balaban J connectivity index is 1.99. The van der Waals surface area contributed by atoms with Crippen LogP contribution in [-0.4, -0.2) is 79.8 Å². The van der Waals surface area contributed by atoms with Gasteiger partial charge >= 0.3 is 6.03 Å². The molecule has 0 bridgehead atoms. The molecule has 2 saturated heterocycles. The first-order valence-electron chi connectivity index (χ1n) is 6.77. The van der Waals surface area contributed by atoms with Gasteiger partial charge in [0.1, 0.15) is 0 Å². The van der Waals surface area contributed by atoms with Crippen LogP contribution in [0.25, 0.3) is 0 Å². The molecule has 0 aliphatic carbocycles. The number of carbonyl (C=O) groups is 1. The molecule has 5 nitrogen and oxygen atoms in total. The summed E-state index contributed by atoms with van der Waals surface area (Å²) in [5, 5.41) is 0. The number of nitrogens with zero attached hydrogens (tertiary/aromatic N) is 3. The van der Waals surface area contributed by atoms with Gasteiger partial charge in [-0.2, -0.15) is 0 Å². The number of ether oxygens (including phenoxy) is 1. The second-order valence-electron chi connectivity index (χ2n) is 5.73. The van der Waals surface area contributed by atoms with E-state index < -0.39 is 0 Å². The molecule has 18 heavy (non-hydrogen) atoms. The smallest absolute Gasteiger partial charge is 0.319 e. The largest absolute Gasteiger partial charge is 0.372 e. The maximum atomic E-state index is 11.9. The fourth-order valence-electron chi connectivity index (χ4n) is 3.03. The molecule has 2 aliphatic rings. The normalized spacial score (nSPS) is 28.4. The van der Waals surface area contributed by atoms with Crippen molar-refractivity contribution >= 4 is 6.03 Å². The van der Waals surface area contributed by atoms with Gasteiger partial charge in [-0.25, -0.2) is 4.79 Å². The lowest BCUT2D eigenvalue weighted by Crippen LogP contribution is -2.62. The van der Waals surface area contributed by atoms with Crippen molar-refractivity contribution in [3.63, 3.8) is 0 Å². The summed E-state index contributed by atoms with van der Waals surface area (Å²) in [7, 11) is 5.77. The molecule has 0 radical (unpaired) electrons. The number of hydrogen-bond acceptors (Lipinski definition) is 3. The molecule has 2 heterocycles. The number of likely N-dealkylation sites (tertiary alicyclic amines) is 1. The lowest BCUT2D eigenvalue weighted by atomic mass is 9.83. The highest BCUT2D eigenvalue weighted by atomic mass is 16.5. The van der Waals surface area contributed by atoms with E-state index in [0.29, 0.717) is 6.04 Å². The van der Waals surface area contributed by atoms with Crippen molar-refractivity contribution in [1.29, 1.82) is 0 Å². The topological polar surface area (TPSA) is 36.0 Å². The van der Waals surface area contributed by atoms with E-state index in [0.717, 1.165) is 39.1 Å². The second-order valence-corrected chi connectivity index (χ2v) is 5.73. The van der Waals surface area contributed by atoms with E-state index in [9.17, 15) is 4.79 Å². The zero-order valence-corrected chi connectivity index (χ0v) is 12.0. The number of hydrogen-bond donors (Lipinski definition) is 0. The first kappa shape index (κ1) is 13.6. The number of piperidine rings is 1. The number of likely N-dealkylation sites (N-methyl/N-ethyl adjacent to an activating group) is 1. The number of amides is 2. The predicted molar refractivity (Wildman–Crippen MR) is 70.7 cm³/mol. The molecule has 1 spiro atoms. The first-order chi connectivity index (χ1) is 8.46. The molecule has 1 atom stereocenters. The van der Waals surface area contributed by atoms with Crippen molar-refractivity contribution in [1.82, 2.24) is 14.7 Å². The van der Waals surface area contributed by atoms with Crippen LogP contribution in [0.4, 0.5) is 4.79 Å². The minimum atomic E-state index is -0.0455. The van der Waals surface area contributed by atoms with Crippen molar-refractivity contribution in [2.24, 2.45) is 0 Å². The van der Waals surface area contributed by atoms with Crippen molar-refractivity contribution < 1.29 is 9.53 Å². The van der Waals surface area contributed by atoms with Gasteiger partial charge in [0.05, 0.1) is 12.2 Å². The molecular weight excluding hydrogens is 230 g/mol. The fraction of sp³-hybridized carbons (Fsp3) is 0.923. The van der Waals surface area contributed by atoms with Crippen LogP contribution in [0.2, 0.25) is 0 Å². The molecule has 104 valence electrons. The van der Waals surface area contributed by atoms with Crippen LogP contribution >= 0.6 is 0 Å². The monoisotopic (exact) mass is 255 g/mol. The molecule has 5 heteroatoms. The van der Waals surface area contributed by atoms with Crippen LogP contribution in [0, 0.1) is 0 Å². The van der Waals surface area contributed by atoms with Crippen LogP contribution in [0.15, 0.2) is 0 Å². The van der Waals surface area contributed by atoms with Crippen molar-refractivity contribution in [2.45, 2.75) is 31.4 Å². The van der Waals surface area contributed by atoms with Crippen LogP contribution in [0.5, 0.6) is 0 Å². The predicted octanol–water partition coefficient (Wildman–Crippen LogP) is 0.853. The van der Waals surface area contributed by atoms with Gasteiger partial charge in [-0.3, -0.25) is 4.90 Å². The van der Waals surface area contributed by atoms with Crippen LogP contribution < -0.4 is 0 Å². The van der Waals surface area contributed by atoms with Gasteiger partial charge < -0.3 is 14.5 Å². The second kappa shape index (κ2) is 5.05. The number of urea groups is 1. The SMILES string of the molecule is CC1N(C)CCOC12CCN(C(=O)N(C)C)CC2. The Morgan fingerprint density at radius 3 is 2.44 bits per heavy atom. The summed E-state index contributed by atoms with van der Waals surface area (Å²) in [5.41, 5.74) is -0.0455. The minimum Gasteiger partial charge on any atom is -0.372 e. The Kier molecular flexibility index (Phi) is 3.82. The van der Waals surface area contributed by atoms with Gasteiger partial charge in [-0.15, -0.1) is 0 Å². The quantitative estimate of drug-likeness (QED) is 0.644. The summed E-state index contributed by atoms with van der Waals surface area (Å²) >= 11 is 0. The maximum absolute atomic E-state index is 11.9. The highest BCUT2D eigenvalue weighted by Gasteiger charge is 2.45. The van der Waals surface area contributed by atoms with Crippen LogP contribution in [0.3, 0.4) is 0 Å². The van der Waals surface area contributed by atoms with E-state index in [-0.39, 0.29) is 11.6 Å². The molecule has 0 N–H and O–H groups in total. The summed E-state index contributed by atoms with van der Waals surface area (Å²) in [6, 6.07) is 0.546. The lowest BCUT2D eigenvalue weighted by Gasteiger charge is -2.51. The van der Waals surface area contributed by atoms with Gasteiger partial charge in [0.25, 0.3) is 0 Å². The van der Waals surface area contributed by atoms with Gasteiger partial charge in [0.2, 0.25) is 0 Å². The molecule has 2 rings (SSSR count). The van der Waals surface area contributed by atoms with Crippen molar-refractivity contribution in [2.75, 3.05) is 47.4 Å². The Bertz CT molecular complexity index is 311. The van der Waals surface area contributed by atoms with Gasteiger partial charge in [0, 0.05) is 39.8 Å². The zero-order valence-electron chi connectivity index (χ0n) is 12.0. The van der Waals surface area contributed by atoms with E-state index in [1.54, 1.807) is 19.0 Å². The van der Waals surface area contributed by atoms with Crippen LogP contribution in [-0.2, 0) is 4.74 Å². The van der Waals surface area contributed by atoms with Gasteiger partial charge in [-0.05, 0) is 26.8 Å². The summed E-state index contributed by atoms with van der Waals surface area (Å²) < 4.78 is 6.08. The Labute approximate surface area is 110 Å². The average Bonchev–Trinajstić information content (AvgIpc) is 2.36. The van der Waals surface area contributed by atoms with Gasteiger partial charge in [-0.1, -0.05) is 0 Å². The molecule has 0 aromatic carbocycles. The lowest BCUT2D eigenvalue weighted by molar-refractivity contribution is -0.157. The molecule has 2 amide bonds. The highest BCUT2D eigenvalue weighted by molar-refractivity contribution is 5.73. The summed E-state index contributed by atoms with van der Waals surface area (Å²) in [6.07, 6.45) is 1.89. The van der Waals surface area contributed by atoms with E-state index in [2.05, 4.69) is 18.9 Å². The third-order valence-corrected chi connectivity index (χ3v) is 4.52. The Morgan fingerprint density at radius 1 is 1.28 bits per heavy atom. The van der Waals surface area contributed by atoms with E-state index in [4.69, 9.17) is 4.74 Å². The van der Waals surface area contributed by atoms with E-state index in [1.807, 2.05) is 4.90 Å². The summed E-state index contributed by atoms with van der Waals surface area (Å²) in [5.74, 6) is 0. The first-order valence-corrected chi connectivity index (χ1v) is 6.77. The molecule has 2 aliphatic heterocycles. The third kappa shape index (κ3) is 2.34. The summed E-state index contributed by atoms with van der Waals surface area (Å²) in [6.45, 7) is 5.65. The minimum absolute atomic E-state index is 0.0455. The molecule has 1 unspecified atom stereocenters. The molecule has 2 fully saturated rings. The molecule has 0 saturated carbocycles. The number of morpholine rings is 1. The zero-order chi connectivity index (χ0) is 13.3. The molecule has 0 aromatic rings. The standard InChI is InChI=1S/C13H25N3O2/c1-11-13(18-10-9-15(11)4)5-7-16(8-6-13)12(17)14(2)3/h11H,5-10H2,1-4H3. The van der Waals surface area contributed by atoms with Gasteiger partial charge in [0.15, 0.2) is 0 Å². The van der Waals surface area contributed by atoms with E-state index in [1.165, 1.54) is 0 Å². The Hall–Kier alpha value is -0.810. The average molecular weight is 255 g/mol. The third-order valence-electron chi connectivity index (χ3n) is 4.52. The maximum Gasteiger partial charge on any atom is 0.319 e. The summed E-state index contributed by atoms with van der Waals surface area (Å²) in [4.78, 5) is 17.9. The van der Waals surface area contributed by atoms with Crippen molar-refractivity contribution in [3.8, 4) is 0 Å². The Morgan fingerprint density at radius 2 is 1.89 bits per heavy atom. The van der Waals surface area contributed by atoms with E-state index >= 15 is 0 Å².